The van der Waals surface area contributed by atoms with Crippen LogP contribution >= 0.6 is 0 Å². The van der Waals surface area contributed by atoms with Crippen LogP contribution in [0.15, 0.2) is 0 Å². The molecule has 0 aromatic rings. The van der Waals surface area contributed by atoms with E-state index in [2.05, 4.69) is 11.1 Å². The number of carboxylic acids is 1. The summed E-state index contributed by atoms with van der Waals surface area (Å²) in [7, 11) is 0. The molecule has 0 aromatic carbocycles. The van der Waals surface area contributed by atoms with Gasteiger partial charge >= 0.3 is 18.1 Å². The van der Waals surface area contributed by atoms with Crippen LogP contribution in [-0.4, -0.2) is 52.9 Å². The molecule has 106 valence electrons. The van der Waals surface area contributed by atoms with Gasteiger partial charge in [0, 0.05) is 13.1 Å². The normalized spacial score (nSPS) is 18.1. The van der Waals surface area contributed by atoms with Crippen molar-refractivity contribution in [3.05, 3.63) is 0 Å². The number of hydrogen-bond acceptors (Lipinski definition) is 4. The average Bonchev–Trinajstić information content (AvgIpc) is 2.13. The molecule has 1 saturated heterocycles. The molecule has 0 saturated carbocycles. The number of amides is 1. The smallest absolute Gasteiger partial charge is 0.475 e. The molecule has 1 heterocycles. The van der Waals surface area contributed by atoms with Crippen molar-refractivity contribution in [2.24, 2.45) is 5.73 Å². The lowest BCUT2D eigenvalue weighted by molar-refractivity contribution is -0.203. The highest BCUT2D eigenvalue weighted by molar-refractivity contribution is 5.83. The van der Waals surface area contributed by atoms with Crippen LogP contribution in [0.4, 0.5) is 22.0 Å². The Kier molecular flexibility index (Phi) is 4.60. The third-order valence-corrected chi connectivity index (χ3v) is 1.97. The lowest BCUT2D eigenvalue weighted by Crippen LogP contribution is -2.72. The van der Waals surface area contributed by atoms with Gasteiger partial charge < -0.3 is 21.3 Å². The van der Waals surface area contributed by atoms with Gasteiger partial charge in [-0.25, -0.2) is 4.79 Å². The number of primary amides is 1. The first-order valence-corrected chi connectivity index (χ1v) is 4.25. The van der Waals surface area contributed by atoms with Crippen LogP contribution in [0.25, 0.3) is 0 Å². The summed E-state index contributed by atoms with van der Waals surface area (Å²) in [5.74, 6) is -8.38. The average molecular weight is 280 g/mol. The molecular weight excluding hydrogens is 271 g/mol. The maximum absolute atomic E-state index is 12.6. The van der Waals surface area contributed by atoms with E-state index in [-0.39, 0.29) is 13.1 Å². The predicted octanol–water partition coefficient (Wildman–Crippen LogP) is -0.925. The number of alkyl halides is 5. The van der Waals surface area contributed by atoms with Crippen LogP contribution in [-0.2, 0) is 9.59 Å². The molecule has 18 heavy (non-hydrogen) atoms. The molecule has 0 unspecified atom stereocenters. The number of nitrogens with two attached hydrogens (primary N) is 1. The molecule has 1 amide bonds. The topological polar surface area (TPSA) is 113 Å². The Balaban J connectivity index is 0.000000360. The third kappa shape index (κ3) is 3.50. The molecule has 0 bridgehead atoms. The predicted molar refractivity (Wildman–Crippen MR) is 45.7 cm³/mol. The molecular formula is C7H9F5N2O4. The van der Waals surface area contributed by atoms with E-state index in [4.69, 9.17) is 15.0 Å². The largest absolute Gasteiger partial charge is 0.490 e. The lowest BCUT2D eigenvalue weighted by atomic mass is 9.89. The zero-order valence-corrected chi connectivity index (χ0v) is 8.59. The quantitative estimate of drug-likeness (QED) is 0.488. The van der Waals surface area contributed by atoms with E-state index in [0.29, 0.717) is 0 Å². The summed E-state index contributed by atoms with van der Waals surface area (Å²) in [6.07, 6.45) is -5.08. The van der Waals surface area contributed by atoms with E-state index in [1.165, 1.54) is 0 Å². The van der Waals surface area contributed by atoms with Gasteiger partial charge in [-0.05, 0) is 0 Å². The minimum Gasteiger partial charge on any atom is -0.475 e. The summed E-state index contributed by atoms with van der Waals surface area (Å²) in [6.45, 7) is -0.605. The highest BCUT2D eigenvalue weighted by atomic mass is 19.4. The minimum atomic E-state index is -5.08. The summed E-state index contributed by atoms with van der Waals surface area (Å²) in [5, 5.41) is 18.5. The number of carboxylic acid groups (broad SMARTS) is 1. The van der Waals surface area contributed by atoms with E-state index in [9.17, 15) is 26.7 Å². The fourth-order valence-electron chi connectivity index (χ4n) is 0.813. The first-order chi connectivity index (χ1) is 7.84. The van der Waals surface area contributed by atoms with Gasteiger partial charge in [0.1, 0.15) is 0 Å². The van der Waals surface area contributed by atoms with Gasteiger partial charge in [0.15, 0.2) is 5.60 Å². The van der Waals surface area contributed by atoms with Crippen LogP contribution in [0.1, 0.15) is 0 Å². The fourth-order valence-corrected chi connectivity index (χ4v) is 0.813. The maximum Gasteiger partial charge on any atom is 0.490 e. The Morgan fingerprint density at radius 2 is 1.50 bits per heavy atom. The Labute approximate surface area is 96.6 Å². The monoisotopic (exact) mass is 280 g/mol. The molecule has 5 N–H and O–H groups in total. The summed E-state index contributed by atoms with van der Waals surface area (Å²) >= 11 is 0. The van der Waals surface area contributed by atoms with E-state index in [1.807, 2.05) is 0 Å². The number of halogens is 5. The second kappa shape index (κ2) is 5.02. The van der Waals surface area contributed by atoms with Crippen LogP contribution in [0.3, 0.4) is 0 Å². The minimum absolute atomic E-state index is 0.303. The second-order valence-corrected chi connectivity index (χ2v) is 3.38. The van der Waals surface area contributed by atoms with Crippen molar-refractivity contribution in [3.63, 3.8) is 0 Å². The summed E-state index contributed by atoms with van der Waals surface area (Å²) in [4.78, 5) is 19.0. The Morgan fingerprint density at radius 3 is 1.56 bits per heavy atom. The lowest BCUT2D eigenvalue weighted by Gasteiger charge is -2.41. The molecule has 1 rings (SSSR count). The molecule has 0 aromatic heterocycles. The van der Waals surface area contributed by atoms with Gasteiger partial charge in [0.05, 0.1) is 0 Å². The zero-order valence-electron chi connectivity index (χ0n) is 8.59. The van der Waals surface area contributed by atoms with Crippen LogP contribution < -0.4 is 11.1 Å². The standard InChI is InChI=1S/C5H8F2N2O2.C2HF3O2/c6-5(7,3(8)10)4(11)1-9-2-4;3-2(4,5)1(6)7/h9,11H,1-2H2,(H2,8,10);(H,6,7). The van der Waals surface area contributed by atoms with E-state index in [1.54, 1.807) is 0 Å². The van der Waals surface area contributed by atoms with Crippen molar-refractivity contribution in [1.82, 2.24) is 5.32 Å². The molecule has 0 atom stereocenters. The highest BCUT2D eigenvalue weighted by Gasteiger charge is 2.60. The van der Waals surface area contributed by atoms with Gasteiger partial charge in [0.2, 0.25) is 0 Å². The van der Waals surface area contributed by atoms with Crippen molar-refractivity contribution in [2.45, 2.75) is 17.7 Å². The van der Waals surface area contributed by atoms with E-state index >= 15 is 0 Å². The zero-order chi connectivity index (χ0) is 14.8. The summed E-state index contributed by atoms with van der Waals surface area (Å²) in [6, 6.07) is 0. The number of rotatable bonds is 2. The third-order valence-electron chi connectivity index (χ3n) is 1.97. The number of carbonyl (C=O) groups excluding carboxylic acids is 1. The molecule has 0 radical (unpaired) electrons. The van der Waals surface area contributed by atoms with Crippen molar-refractivity contribution < 1.29 is 41.8 Å². The van der Waals surface area contributed by atoms with Gasteiger partial charge in [0.25, 0.3) is 5.91 Å². The van der Waals surface area contributed by atoms with Crippen LogP contribution in [0.2, 0.25) is 0 Å². The number of aliphatic hydroxyl groups is 1. The number of hydrogen-bond donors (Lipinski definition) is 4. The van der Waals surface area contributed by atoms with E-state index < -0.39 is 29.6 Å². The van der Waals surface area contributed by atoms with Crippen LogP contribution in [0.5, 0.6) is 0 Å². The van der Waals surface area contributed by atoms with Gasteiger partial charge in [-0.3, -0.25) is 4.79 Å². The number of aliphatic carboxylic acids is 1. The SMILES string of the molecule is NC(=O)C(F)(F)C1(O)CNC1.O=C(O)C(F)(F)F. The Hall–Kier alpha value is -1.49. The fraction of sp³-hybridized carbons (Fsp3) is 0.714. The molecule has 6 nitrogen and oxygen atoms in total. The molecule has 1 fully saturated rings. The molecule has 0 aliphatic carbocycles. The Morgan fingerprint density at radius 1 is 1.17 bits per heavy atom. The van der Waals surface area contributed by atoms with Gasteiger partial charge in [-0.2, -0.15) is 22.0 Å². The summed E-state index contributed by atoms with van der Waals surface area (Å²) in [5.41, 5.74) is 2.11. The highest BCUT2D eigenvalue weighted by Crippen LogP contribution is 2.31. The Bertz CT molecular complexity index is 339. The number of carbonyl (C=O) groups is 2. The van der Waals surface area contributed by atoms with Crippen molar-refractivity contribution >= 4 is 11.9 Å². The van der Waals surface area contributed by atoms with E-state index in [0.717, 1.165) is 0 Å². The van der Waals surface area contributed by atoms with Crippen LogP contribution in [0, 0.1) is 0 Å². The number of β-amino-alcohol motifs (C(OH)–C–C–N with tert-alkyl or cyclic N) is 1. The first-order valence-electron chi connectivity index (χ1n) is 4.25. The summed E-state index contributed by atoms with van der Waals surface area (Å²) < 4.78 is 57.0. The second-order valence-electron chi connectivity index (χ2n) is 3.38. The maximum atomic E-state index is 12.6. The number of nitrogens with one attached hydrogen (secondary N) is 1. The van der Waals surface area contributed by atoms with Crippen molar-refractivity contribution in [3.8, 4) is 0 Å². The van der Waals surface area contributed by atoms with Gasteiger partial charge in [-0.1, -0.05) is 0 Å². The van der Waals surface area contributed by atoms with Crippen molar-refractivity contribution in [1.29, 1.82) is 0 Å². The molecule has 0 spiro atoms. The molecule has 11 heteroatoms. The molecule has 1 aliphatic rings. The first kappa shape index (κ1) is 16.5. The van der Waals surface area contributed by atoms with Crippen molar-refractivity contribution in [2.75, 3.05) is 13.1 Å². The molecule has 1 aliphatic heterocycles. The van der Waals surface area contributed by atoms with Gasteiger partial charge in [-0.15, -0.1) is 0 Å².